The molecule has 1 aliphatic carbocycles. The summed E-state index contributed by atoms with van der Waals surface area (Å²) in [5, 5.41) is 0. The van der Waals surface area contributed by atoms with E-state index in [0.29, 0.717) is 18.1 Å². The number of hydrogen-bond donors (Lipinski definition) is 0. The van der Waals surface area contributed by atoms with Crippen LogP contribution in [0.5, 0.6) is 0 Å². The smallest absolute Gasteiger partial charge is 0.0998 e. The van der Waals surface area contributed by atoms with Gasteiger partial charge in [0.2, 0.25) is 0 Å². The molecule has 1 saturated carbocycles. The van der Waals surface area contributed by atoms with Crippen molar-refractivity contribution >= 4 is 0 Å². The van der Waals surface area contributed by atoms with E-state index in [4.69, 9.17) is 9.47 Å². The zero-order chi connectivity index (χ0) is 13.6. The number of fused-ring (bicyclic) bond motifs is 1. The van der Waals surface area contributed by atoms with Crippen molar-refractivity contribution in [3.05, 3.63) is 0 Å². The van der Waals surface area contributed by atoms with Crippen molar-refractivity contribution in [3.63, 3.8) is 0 Å². The molecule has 1 saturated heterocycles. The molecule has 0 radical (unpaired) electrons. The molecule has 0 bridgehead atoms. The molecule has 0 amide bonds. The first-order valence-electron chi connectivity index (χ1n) is 7.19. The second kappa shape index (κ2) is 4.77. The minimum atomic E-state index is -0.0398. The molecule has 2 rings (SSSR count). The molecule has 3 unspecified atom stereocenters. The molecule has 2 aliphatic rings. The van der Waals surface area contributed by atoms with Crippen LogP contribution in [0, 0.1) is 5.92 Å². The molecule has 18 heavy (non-hydrogen) atoms. The van der Waals surface area contributed by atoms with Crippen molar-refractivity contribution in [1.29, 1.82) is 0 Å². The summed E-state index contributed by atoms with van der Waals surface area (Å²) in [5.41, 5.74) is 0.163. The van der Waals surface area contributed by atoms with Crippen LogP contribution >= 0.6 is 0 Å². The lowest BCUT2D eigenvalue weighted by Gasteiger charge is -2.42. The van der Waals surface area contributed by atoms with E-state index in [1.54, 1.807) is 0 Å². The van der Waals surface area contributed by atoms with Gasteiger partial charge in [0.25, 0.3) is 0 Å². The van der Waals surface area contributed by atoms with E-state index in [0.717, 1.165) is 26.1 Å². The van der Waals surface area contributed by atoms with Crippen LogP contribution in [0.2, 0.25) is 0 Å². The van der Waals surface area contributed by atoms with Crippen molar-refractivity contribution in [3.8, 4) is 0 Å². The first kappa shape index (κ1) is 14.3. The van der Waals surface area contributed by atoms with Gasteiger partial charge in [-0.1, -0.05) is 0 Å². The number of nitrogens with zero attached hydrogens (tertiary/aromatic N) is 1. The molecule has 0 N–H and O–H groups in total. The first-order chi connectivity index (χ1) is 8.15. The molecule has 0 aromatic carbocycles. The predicted molar refractivity (Wildman–Crippen MR) is 73.5 cm³/mol. The summed E-state index contributed by atoms with van der Waals surface area (Å²) < 4.78 is 12.1. The molecule has 1 aliphatic heterocycles. The minimum Gasteiger partial charge on any atom is -0.373 e. The SMILES string of the molecule is CC(C)(C)OC1CC2CN(C(C)(C)C)COC2C1. The normalized spacial score (nSPS) is 34.7. The Morgan fingerprint density at radius 2 is 1.72 bits per heavy atom. The predicted octanol–water partition coefficient (Wildman–Crippen LogP) is 3.04. The molecule has 0 aromatic heterocycles. The second-order valence-corrected chi connectivity index (χ2v) is 7.81. The van der Waals surface area contributed by atoms with Gasteiger partial charge in [0.1, 0.15) is 0 Å². The van der Waals surface area contributed by atoms with Crippen molar-refractivity contribution in [1.82, 2.24) is 4.90 Å². The van der Waals surface area contributed by atoms with E-state index in [1.807, 2.05) is 0 Å². The van der Waals surface area contributed by atoms with Gasteiger partial charge in [0.15, 0.2) is 0 Å². The molecule has 0 aromatic rings. The van der Waals surface area contributed by atoms with Crippen molar-refractivity contribution in [2.75, 3.05) is 13.3 Å². The summed E-state index contributed by atoms with van der Waals surface area (Å²) in [5.74, 6) is 0.644. The summed E-state index contributed by atoms with van der Waals surface area (Å²) in [4.78, 5) is 2.44. The van der Waals surface area contributed by atoms with Gasteiger partial charge in [-0.2, -0.15) is 0 Å². The molecular formula is C15H29NO2. The highest BCUT2D eigenvalue weighted by Gasteiger charge is 2.42. The third-order valence-corrected chi connectivity index (χ3v) is 3.95. The highest BCUT2D eigenvalue weighted by molar-refractivity contribution is 4.92. The Morgan fingerprint density at radius 3 is 2.28 bits per heavy atom. The van der Waals surface area contributed by atoms with Gasteiger partial charge >= 0.3 is 0 Å². The molecule has 3 atom stereocenters. The van der Waals surface area contributed by atoms with Crippen LogP contribution in [0.25, 0.3) is 0 Å². The van der Waals surface area contributed by atoms with Crippen LogP contribution in [-0.4, -0.2) is 41.5 Å². The second-order valence-electron chi connectivity index (χ2n) is 7.81. The van der Waals surface area contributed by atoms with E-state index in [1.165, 1.54) is 0 Å². The monoisotopic (exact) mass is 255 g/mol. The number of ether oxygens (including phenoxy) is 2. The Hall–Kier alpha value is -0.120. The highest BCUT2D eigenvalue weighted by Crippen LogP contribution is 2.37. The van der Waals surface area contributed by atoms with E-state index >= 15 is 0 Å². The highest BCUT2D eigenvalue weighted by atomic mass is 16.5. The van der Waals surface area contributed by atoms with Crippen molar-refractivity contribution in [2.45, 2.75) is 77.7 Å². The quantitative estimate of drug-likeness (QED) is 0.719. The van der Waals surface area contributed by atoms with Crippen LogP contribution in [0.4, 0.5) is 0 Å². The summed E-state index contributed by atoms with van der Waals surface area (Å²) >= 11 is 0. The topological polar surface area (TPSA) is 21.7 Å². The van der Waals surface area contributed by atoms with Crippen molar-refractivity contribution in [2.24, 2.45) is 5.92 Å². The zero-order valence-electron chi connectivity index (χ0n) is 12.8. The Kier molecular flexibility index (Phi) is 3.79. The van der Waals surface area contributed by atoms with Gasteiger partial charge in [-0.05, 0) is 48.0 Å². The van der Waals surface area contributed by atoms with Crippen LogP contribution in [0.15, 0.2) is 0 Å². The largest absolute Gasteiger partial charge is 0.373 e. The lowest BCUT2D eigenvalue weighted by atomic mass is 9.99. The Morgan fingerprint density at radius 1 is 1.06 bits per heavy atom. The molecular weight excluding hydrogens is 226 g/mol. The average molecular weight is 255 g/mol. The fourth-order valence-electron chi connectivity index (χ4n) is 3.02. The maximum absolute atomic E-state index is 6.11. The maximum atomic E-state index is 6.11. The molecule has 3 nitrogen and oxygen atoms in total. The Balaban J connectivity index is 1.91. The third kappa shape index (κ3) is 3.46. The van der Waals surface area contributed by atoms with Crippen LogP contribution < -0.4 is 0 Å². The van der Waals surface area contributed by atoms with Crippen molar-refractivity contribution < 1.29 is 9.47 Å². The lowest BCUT2D eigenvalue weighted by Crippen LogP contribution is -2.51. The molecule has 1 heterocycles. The van der Waals surface area contributed by atoms with Gasteiger partial charge < -0.3 is 9.47 Å². The lowest BCUT2D eigenvalue weighted by molar-refractivity contribution is -0.121. The Labute approximate surface area is 112 Å². The van der Waals surface area contributed by atoms with Gasteiger partial charge in [0.05, 0.1) is 24.5 Å². The summed E-state index contributed by atoms with van der Waals surface area (Å²) in [7, 11) is 0. The summed E-state index contributed by atoms with van der Waals surface area (Å²) in [6.45, 7) is 15.1. The number of rotatable bonds is 1. The van der Waals surface area contributed by atoms with E-state index in [2.05, 4.69) is 46.4 Å². The van der Waals surface area contributed by atoms with Gasteiger partial charge in [0, 0.05) is 24.4 Å². The van der Waals surface area contributed by atoms with Crippen LogP contribution in [0.1, 0.15) is 54.4 Å². The fourth-order valence-corrected chi connectivity index (χ4v) is 3.02. The maximum Gasteiger partial charge on any atom is 0.0998 e. The molecule has 0 spiro atoms. The van der Waals surface area contributed by atoms with Gasteiger partial charge in [-0.25, -0.2) is 0 Å². The van der Waals surface area contributed by atoms with Crippen LogP contribution in [-0.2, 0) is 9.47 Å². The van der Waals surface area contributed by atoms with E-state index in [9.17, 15) is 0 Å². The average Bonchev–Trinajstić information content (AvgIpc) is 2.53. The summed E-state index contributed by atoms with van der Waals surface area (Å²) in [6.07, 6.45) is 3.00. The standard InChI is InChI=1S/C15H29NO2/c1-14(2,3)16-9-11-7-12(18-15(4,5)6)8-13(11)17-10-16/h11-13H,7-10H2,1-6H3. The molecule has 3 heteroatoms. The zero-order valence-corrected chi connectivity index (χ0v) is 12.8. The van der Waals surface area contributed by atoms with E-state index < -0.39 is 0 Å². The fraction of sp³-hybridized carbons (Fsp3) is 1.00. The van der Waals surface area contributed by atoms with E-state index in [-0.39, 0.29) is 11.1 Å². The van der Waals surface area contributed by atoms with Gasteiger partial charge in [-0.3, -0.25) is 4.90 Å². The molecule has 2 fully saturated rings. The number of hydrogen-bond acceptors (Lipinski definition) is 3. The van der Waals surface area contributed by atoms with Crippen LogP contribution in [0.3, 0.4) is 0 Å². The summed E-state index contributed by atoms with van der Waals surface area (Å²) in [6, 6.07) is 0. The first-order valence-corrected chi connectivity index (χ1v) is 7.19. The molecule has 106 valence electrons. The van der Waals surface area contributed by atoms with Gasteiger partial charge in [-0.15, -0.1) is 0 Å². The third-order valence-electron chi connectivity index (χ3n) is 3.95. The minimum absolute atomic E-state index is 0.0398. The Bertz CT molecular complexity index is 290.